The Bertz CT molecular complexity index is 1170. The first-order valence-electron chi connectivity index (χ1n) is 22.2. The molecule has 0 aromatic heterocycles. The van der Waals surface area contributed by atoms with Crippen molar-refractivity contribution >= 4 is 25.5 Å². The van der Waals surface area contributed by atoms with E-state index in [9.17, 15) is 44.3 Å². The molecule has 6 N–H and O–H groups in total. The number of esters is 2. The van der Waals surface area contributed by atoms with Crippen LogP contribution in [0.4, 0.5) is 0 Å². The molecule has 8 atom stereocenters. The van der Waals surface area contributed by atoms with Crippen LogP contribution in [0.2, 0.25) is 0 Å². The van der Waals surface area contributed by atoms with Crippen molar-refractivity contribution in [3.8, 4) is 0 Å². The van der Waals surface area contributed by atoms with Crippen molar-refractivity contribution < 1.29 is 67.9 Å². The van der Waals surface area contributed by atoms with Crippen LogP contribution in [0, 0.1) is 17.8 Å². The molecule has 0 bridgehead atoms. The van der Waals surface area contributed by atoms with E-state index in [1.54, 1.807) is 12.2 Å². The van der Waals surface area contributed by atoms with Crippen molar-refractivity contribution in [1.82, 2.24) is 0 Å². The van der Waals surface area contributed by atoms with Gasteiger partial charge in [0.15, 0.2) is 6.10 Å². The molecule has 1 rings (SSSR count). The number of hydrogen-bond donors (Lipinski definition) is 6. The highest BCUT2D eigenvalue weighted by atomic mass is 31.2. The summed E-state index contributed by atoms with van der Waals surface area (Å²) in [4.78, 5) is 48.0. The van der Waals surface area contributed by atoms with E-state index in [1.165, 1.54) is 44.9 Å². The predicted molar refractivity (Wildman–Crippen MR) is 222 cm³/mol. The van der Waals surface area contributed by atoms with Gasteiger partial charge in [-0.1, -0.05) is 123 Å². The third kappa shape index (κ3) is 27.9. The monoisotopic (exact) mass is 851 g/mol. The highest BCUT2D eigenvalue weighted by molar-refractivity contribution is 7.47. The molecular weight excluding hydrogens is 771 g/mol. The number of hydrogen-bond acceptors (Lipinski definition) is 13. The van der Waals surface area contributed by atoms with E-state index in [1.807, 2.05) is 0 Å². The first-order chi connectivity index (χ1) is 27.7. The van der Waals surface area contributed by atoms with Crippen LogP contribution >= 0.6 is 7.82 Å². The van der Waals surface area contributed by atoms with Crippen molar-refractivity contribution in [1.29, 1.82) is 0 Å². The Morgan fingerprint density at radius 3 is 1.90 bits per heavy atom. The van der Waals surface area contributed by atoms with Gasteiger partial charge in [-0.05, 0) is 31.6 Å². The van der Waals surface area contributed by atoms with Crippen LogP contribution in [-0.2, 0) is 37.5 Å². The summed E-state index contributed by atoms with van der Waals surface area (Å²) in [6.45, 7) is 4.15. The van der Waals surface area contributed by atoms with Gasteiger partial charge < -0.3 is 39.9 Å². The molecule has 0 aromatic rings. The summed E-state index contributed by atoms with van der Waals surface area (Å²) in [6, 6.07) is 0. The highest BCUT2D eigenvalue weighted by Crippen LogP contribution is 2.43. The lowest BCUT2D eigenvalue weighted by Gasteiger charge is -2.20. The zero-order chi connectivity index (χ0) is 43.2. The largest absolute Gasteiger partial charge is 0.472 e. The van der Waals surface area contributed by atoms with Crippen molar-refractivity contribution in [3.63, 3.8) is 0 Å². The number of carbonyl (C=O) groups excluding carboxylic acids is 3. The Morgan fingerprint density at radius 1 is 0.724 bits per heavy atom. The first kappa shape index (κ1) is 54.3. The van der Waals surface area contributed by atoms with E-state index in [-0.39, 0.29) is 37.9 Å². The minimum absolute atomic E-state index is 0.0419. The van der Waals surface area contributed by atoms with Gasteiger partial charge in [-0.25, -0.2) is 4.57 Å². The Morgan fingerprint density at radius 2 is 1.28 bits per heavy atom. The fourth-order valence-corrected chi connectivity index (χ4v) is 7.85. The summed E-state index contributed by atoms with van der Waals surface area (Å²) in [5.74, 6) is -1.47. The molecule has 0 amide bonds. The number of aliphatic hydroxyl groups excluding tert-OH is 5. The normalized spacial score (nSPS) is 20.9. The van der Waals surface area contributed by atoms with Crippen LogP contribution in [0.15, 0.2) is 12.2 Å². The second-order valence-electron chi connectivity index (χ2n) is 16.5. The van der Waals surface area contributed by atoms with Gasteiger partial charge in [-0.2, -0.15) is 0 Å². The van der Waals surface area contributed by atoms with Crippen LogP contribution in [-0.4, -0.2) is 105 Å². The average molecular weight is 851 g/mol. The Hall–Kier alpha value is -1.74. The fourth-order valence-electron chi connectivity index (χ4n) is 7.06. The maximum absolute atomic E-state index is 12.8. The summed E-state index contributed by atoms with van der Waals surface area (Å²) in [5, 5.41) is 49.6. The van der Waals surface area contributed by atoms with Crippen LogP contribution in [0.1, 0.15) is 168 Å². The second-order valence-corrected chi connectivity index (χ2v) is 18.0. The molecular formula is C43H79O14P. The number of aliphatic hydroxyl groups is 5. The van der Waals surface area contributed by atoms with Gasteiger partial charge in [0.25, 0.3) is 0 Å². The average Bonchev–Trinajstić information content (AvgIpc) is 3.44. The summed E-state index contributed by atoms with van der Waals surface area (Å²) >= 11 is 0. The van der Waals surface area contributed by atoms with E-state index in [2.05, 4.69) is 25.3 Å². The topological polar surface area (TPSA) is 227 Å². The fraction of sp³-hybridized carbons (Fsp3) is 0.884. The molecule has 340 valence electrons. The minimum Gasteiger partial charge on any atom is -0.462 e. The van der Waals surface area contributed by atoms with Crippen molar-refractivity contribution in [2.45, 2.75) is 199 Å². The number of ketones is 1. The summed E-state index contributed by atoms with van der Waals surface area (Å²) in [6.07, 6.45) is 16.8. The lowest BCUT2D eigenvalue weighted by atomic mass is 9.87. The van der Waals surface area contributed by atoms with Gasteiger partial charge in [-0.3, -0.25) is 23.4 Å². The Kier molecular flexibility index (Phi) is 30.8. The van der Waals surface area contributed by atoms with Gasteiger partial charge in [0.1, 0.15) is 18.5 Å². The molecule has 15 heteroatoms. The molecule has 1 fully saturated rings. The molecule has 14 nitrogen and oxygen atoms in total. The van der Waals surface area contributed by atoms with E-state index in [4.69, 9.17) is 19.1 Å². The van der Waals surface area contributed by atoms with Crippen LogP contribution in [0.5, 0.6) is 0 Å². The van der Waals surface area contributed by atoms with Gasteiger partial charge in [0, 0.05) is 43.9 Å². The number of phosphoric ester groups is 1. The maximum atomic E-state index is 12.8. The zero-order valence-electron chi connectivity index (χ0n) is 35.8. The first-order valence-corrected chi connectivity index (χ1v) is 23.7. The molecule has 0 radical (unpaired) electrons. The van der Waals surface area contributed by atoms with Crippen LogP contribution < -0.4 is 0 Å². The molecule has 58 heavy (non-hydrogen) atoms. The molecule has 1 aliphatic carbocycles. The standard InChI is InChI=1S/C43H79O14P/c1-4-5-15-21-34(45)25-26-38-39(41(49)28-40(38)48)27-35(46)22-18-19-23-42(50)54-31-37(32-56-58(52,53)55-30-36(47)29-44)57-43(51)24-17-14-12-10-8-6-7-9-11-13-16-20-33(2)3/h25-26,33-34,36-41,44-45,47-49H,4-24,27-32H2,1-3H3,(H,52,53)/b26-25+/t34-,36-,37+,38+,39+,40+,41-/m0/s1. The lowest BCUT2D eigenvalue weighted by molar-refractivity contribution is -0.161. The smallest absolute Gasteiger partial charge is 0.462 e. The van der Waals surface area contributed by atoms with E-state index >= 15 is 0 Å². The molecule has 0 spiro atoms. The second kappa shape index (κ2) is 33.0. The molecule has 1 saturated carbocycles. The van der Waals surface area contributed by atoms with Gasteiger partial charge in [0.2, 0.25) is 0 Å². The Balaban J connectivity index is 2.49. The maximum Gasteiger partial charge on any atom is 0.472 e. The minimum atomic E-state index is -4.70. The molecule has 1 aliphatic rings. The van der Waals surface area contributed by atoms with Crippen LogP contribution in [0.25, 0.3) is 0 Å². The quantitative estimate of drug-likeness (QED) is 0.0160. The molecule has 0 saturated heterocycles. The summed E-state index contributed by atoms with van der Waals surface area (Å²) in [5.41, 5.74) is 0. The zero-order valence-corrected chi connectivity index (χ0v) is 36.7. The van der Waals surface area contributed by atoms with Crippen molar-refractivity contribution in [2.75, 3.05) is 26.4 Å². The number of unbranched alkanes of at least 4 members (excludes halogenated alkanes) is 13. The number of rotatable bonds is 37. The van der Waals surface area contributed by atoms with Crippen LogP contribution in [0.3, 0.4) is 0 Å². The SMILES string of the molecule is CCCCC[C@H](O)/C=C/[C@@H]1[C@@H](CC(=O)CCCCC(=O)OC[C@H](COP(=O)(O)OC[C@@H](O)CO)OC(=O)CCCCCCCCCCCCCC(C)C)[C@@H](O)C[C@H]1O. The predicted octanol–water partition coefficient (Wildman–Crippen LogP) is 7.03. The third-order valence-electron chi connectivity index (χ3n) is 10.6. The molecule has 1 unspecified atom stereocenters. The third-order valence-corrected chi connectivity index (χ3v) is 11.5. The molecule has 0 heterocycles. The lowest BCUT2D eigenvalue weighted by Crippen LogP contribution is -2.29. The van der Waals surface area contributed by atoms with Gasteiger partial charge >= 0.3 is 19.8 Å². The summed E-state index contributed by atoms with van der Waals surface area (Å²) in [7, 11) is -4.70. The highest BCUT2D eigenvalue weighted by Gasteiger charge is 2.41. The van der Waals surface area contributed by atoms with E-state index in [0.717, 1.165) is 50.9 Å². The number of phosphoric acid groups is 1. The van der Waals surface area contributed by atoms with Gasteiger partial charge in [-0.15, -0.1) is 0 Å². The van der Waals surface area contributed by atoms with Crippen molar-refractivity contribution in [2.24, 2.45) is 17.8 Å². The molecule has 0 aliphatic heterocycles. The van der Waals surface area contributed by atoms with E-state index in [0.29, 0.717) is 25.7 Å². The number of ether oxygens (including phenoxy) is 2. The Labute approximate surface area is 348 Å². The molecule has 0 aromatic carbocycles. The van der Waals surface area contributed by atoms with Crippen molar-refractivity contribution in [3.05, 3.63) is 12.2 Å². The van der Waals surface area contributed by atoms with E-state index < -0.39 is 88.5 Å². The van der Waals surface area contributed by atoms with Gasteiger partial charge in [0.05, 0.1) is 38.1 Å². The number of Topliss-reactive ketones (excluding diaryl/α,β-unsaturated/α-hetero) is 1. The number of carbonyl (C=O) groups is 3. The summed E-state index contributed by atoms with van der Waals surface area (Å²) < 4.78 is 32.6.